The number of hydrogen-bond acceptors (Lipinski definition) is 4. The molecule has 4 nitrogen and oxygen atoms in total. The maximum atomic E-state index is 5.93. The Balaban J connectivity index is 1.69. The molecule has 0 bridgehead atoms. The summed E-state index contributed by atoms with van der Waals surface area (Å²) in [5, 5.41) is 5.50. The van der Waals surface area contributed by atoms with Crippen LogP contribution in [-0.2, 0) is 0 Å². The van der Waals surface area contributed by atoms with Crippen LogP contribution in [0.1, 0.15) is 19.3 Å². The Hall–Kier alpha value is -1.81. The van der Waals surface area contributed by atoms with E-state index in [2.05, 4.69) is 10.3 Å². The summed E-state index contributed by atoms with van der Waals surface area (Å²) in [4.78, 5) is 4.37. The highest BCUT2D eigenvalue weighted by Gasteiger charge is 2.13. The van der Waals surface area contributed by atoms with Crippen LogP contribution >= 0.6 is 0 Å². The second-order valence-corrected chi connectivity index (χ2v) is 5.52. The molecule has 21 heavy (non-hydrogen) atoms. The fraction of sp³-hybridized carbons (Fsp3) is 0.471. The Morgan fingerprint density at radius 2 is 2.24 bits per heavy atom. The molecule has 1 aliphatic rings. The molecular weight excluding hydrogens is 264 g/mol. The van der Waals surface area contributed by atoms with Crippen LogP contribution in [0.15, 0.2) is 30.5 Å². The second-order valence-electron chi connectivity index (χ2n) is 5.52. The first-order chi connectivity index (χ1) is 10.4. The lowest BCUT2D eigenvalue weighted by Crippen LogP contribution is -2.30. The molecule has 2 heterocycles. The molecule has 1 unspecified atom stereocenters. The molecule has 1 aromatic heterocycles. The minimum Gasteiger partial charge on any atom is -0.496 e. The lowest BCUT2D eigenvalue weighted by atomic mass is 9.97. The van der Waals surface area contributed by atoms with Crippen molar-refractivity contribution >= 4 is 10.8 Å². The number of ether oxygens (including phenoxy) is 2. The SMILES string of the molecule is COc1cccc2c(OCCC3CCCNC3)nccc12. The van der Waals surface area contributed by atoms with Gasteiger partial charge in [0.1, 0.15) is 5.75 Å². The zero-order valence-electron chi connectivity index (χ0n) is 12.5. The Labute approximate surface area is 125 Å². The molecule has 3 rings (SSSR count). The van der Waals surface area contributed by atoms with Gasteiger partial charge in [0.2, 0.25) is 5.88 Å². The number of benzene rings is 1. The highest BCUT2D eigenvalue weighted by molar-refractivity contribution is 5.91. The Kier molecular flexibility index (Phi) is 4.55. The van der Waals surface area contributed by atoms with E-state index in [0.717, 1.165) is 48.6 Å². The number of pyridine rings is 1. The molecule has 0 radical (unpaired) electrons. The van der Waals surface area contributed by atoms with E-state index in [-0.39, 0.29) is 0 Å². The summed E-state index contributed by atoms with van der Waals surface area (Å²) in [6, 6.07) is 7.93. The molecule has 1 saturated heterocycles. The highest BCUT2D eigenvalue weighted by atomic mass is 16.5. The van der Waals surface area contributed by atoms with E-state index in [1.807, 2.05) is 24.3 Å². The fourth-order valence-corrected chi connectivity index (χ4v) is 2.94. The summed E-state index contributed by atoms with van der Waals surface area (Å²) in [6.07, 6.45) is 5.43. The van der Waals surface area contributed by atoms with Crippen LogP contribution in [-0.4, -0.2) is 31.8 Å². The predicted molar refractivity (Wildman–Crippen MR) is 84.0 cm³/mol. The van der Waals surface area contributed by atoms with E-state index in [1.165, 1.54) is 12.8 Å². The number of methoxy groups -OCH3 is 1. The van der Waals surface area contributed by atoms with Crippen LogP contribution in [0.25, 0.3) is 10.8 Å². The summed E-state index contributed by atoms with van der Waals surface area (Å²) in [6.45, 7) is 2.98. The number of hydrogen-bond donors (Lipinski definition) is 1. The molecule has 4 heteroatoms. The van der Waals surface area contributed by atoms with Crippen molar-refractivity contribution in [3.63, 3.8) is 0 Å². The molecule has 112 valence electrons. The largest absolute Gasteiger partial charge is 0.496 e. The zero-order valence-corrected chi connectivity index (χ0v) is 12.5. The van der Waals surface area contributed by atoms with Gasteiger partial charge in [-0.1, -0.05) is 6.07 Å². The average Bonchev–Trinajstić information content (AvgIpc) is 2.55. The number of nitrogens with zero attached hydrogens (tertiary/aromatic N) is 1. The lowest BCUT2D eigenvalue weighted by molar-refractivity contribution is 0.250. The molecule has 0 aliphatic carbocycles. The predicted octanol–water partition coefficient (Wildman–Crippen LogP) is 3.01. The first-order valence-corrected chi connectivity index (χ1v) is 7.63. The van der Waals surface area contributed by atoms with Gasteiger partial charge in [0.15, 0.2) is 0 Å². The van der Waals surface area contributed by atoms with Crippen molar-refractivity contribution in [2.24, 2.45) is 5.92 Å². The van der Waals surface area contributed by atoms with E-state index in [4.69, 9.17) is 9.47 Å². The molecule has 0 amide bonds. The fourth-order valence-electron chi connectivity index (χ4n) is 2.94. The quantitative estimate of drug-likeness (QED) is 0.917. The lowest BCUT2D eigenvalue weighted by Gasteiger charge is -2.22. The third-order valence-electron chi connectivity index (χ3n) is 4.11. The van der Waals surface area contributed by atoms with Crippen LogP contribution in [0.3, 0.4) is 0 Å². The van der Waals surface area contributed by atoms with E-state index >= 15 is 0 Å². The van der Waals surface area contributed by atoms with Gasteiger partial charge in [0.05, 0.1) is 13.7 Å². The van der Waals surface area contributed by atoms with Crippen LogP contribution in [0.2, 0.25) is 0 Å². The van der Waals surface area contributed by atoms with Gasteiger partial charge in [0.25, 0.3) is 0 Å². The maximum absolute atomic E-state index is 5.93. The number of aromatic nitrogens is 1. The summed E-state index contributed by atoms with van der Waals surface area (Å²) in [5.74, 6) is 2.29. The van der Waals surface area contributed by atoms with Crippen LogP contribution in [0.4, 0.5) is 0 Å². The molecule has 1 atom stereocenters. The van der Waals surface area contributed by atoms with Crippen molar-refractivity contribution in [2.75, 3.05) is 26.8 Å². The number of piperidine rings is 1. The third-order valence-corrected chi connectivity index (χ3v) is 4.11. The van der Waals surface area contributed by atoms with E-state index in [9.17, 15) is 0 Å². The number of nitrogens with one attached hydrogen (secondary N) is 1. The van der Waals surface area contributed by atoms with Gasteiger partial charge in [-0.15, -0.1) is 0 Å². The molecule has 1 fully saturated rings. The van der Waals surface area contributed by atoms with Gasteiger partial charge in [-0.25, -0.2) is 4.98 Å². The second kappa shape index (κ2) is 6.76. The van der Waals surface area contributed by atoms with Gasteiger partial charge in [-0.2, -0.15) is 0 Å². The zero-order chi connectivity index (χ0) is 14.5. The molecule has 0 saturated carbocycles. The smallest absolute Gasteiger partial charge is 0.221 e. The minimum absolute atomic E-state index is 0.704. The Bertz CT molecular complexity index is 594. The average molecular weight is 286 g/mol. The maximum Gasteiger partial charge on any atom is 0.221 e. The molecular formula is C17H22N2O2. The summed E-state index contributed by atoms with van der Waals surface area (Å²) >= 11 is 0. The summed E-state index contributed by atoms with van der Waals surface area (Å²) in [7, 11) is 1.69. The monoisotopic (exact) mass is 286 g/mol. The Morgan fingerprint density at radius 1 is 1.29 bits per heavy atom. The molecule has 2 aromatic rings. The van der Waals surface area contributed by atoms with Crippen molar-refractivity contribution in [2.45, 2.75) is 19.3 Å². The Morgan fingerprint density at radius 3 is 3.05 bits per heavy atom. The number of rotatable bonds is 5. The van der Waals surface area contributed by atoms with E-state index in [0.29, 0.717) is 5.88 Å². The van der Waals surface area contributed by atoms with Crippen molar-refractivity contribution in [1.29, 1.82) is 0 Å². The third kappa shape index (κ3) is 3.27. The topological polar surface area (TPSA) is 43.4 Å². The first kappa shape index (κ1) is 14.1. The van der Waals surface area contributed by atoms with Crippen molar-refractivity contribution in [1.82, 2.24) is 10.3 Å². The van der Waals surface area contributed by atoms with Crippen molar-refractivity contribution in [3.8, 4) is 11.6 Å². The van der Waals surface area contributed by atoms with Gasteiger partial charge >= 0.3 is 0 Å². The molecule has 0 spiro atoms. The molecule has 1 N–H and O–H groups in total. The molecule has 1 aromatic carbocycles. The van der Waals surface area contributed by atoms with Gasteiger partial charge in [-0.3, -0.25) is 0 Å². The molecule has 1 aliphatic heterocycles. The summed E-state index contributed by atoms with van der Waals surface area (Å²) < 4.78 is 11.3. The van der Waals surface area contributed by atoms with E-state index in [1.54, 1.807) is 13.3 Å². The van der Waals surface area contributed by atoms with Gasteiger partial charge in [-0.05, 0) is 56.5 Å². The summed E-state index contributed by atoms with van der Waals surface area (Å²) in [5.41, 5.74) is 0. The van der Waals surface area contributed by atoms with Crippen LogP contribution in [0.5, 0.6) is 11.6 Å². The van der Waals surface area contributed by atoms with Crippen molar-refractivity contribution in [3.05, 3.63) is 30.5 Å². The number of fused-ring (bicyclic) bond motifs is 1. The normalized spacial score (nSPS) is 18.6. The van der Waals surface area contributed by atoms with Crippen molar-refractivity contribution < 1.29 is 9.47 Å². The van der Waals surface area contributed by atoms with Crippen LogP contribution < -0.4 is 14.8 Å². The van der Waals surface area contributed by atoms with Gasteiger partial charge in [0, 0.05) is 17.0 Å². The highest BCUT2D eigenvalue weighted by Crippen LogP contribution is 2.30. The standard InChI is InChI=1S/C17H22N2O2/c1-20-16-6-2-5-15-14(16)7-10-19-17(15)21-11-8-13-4-3-9-18-12-13/h2,5-7,10,13,18H,3-4,8-9,11-12H2,1H3. The van der Waals surface area contributed by atoms with Gasteiger partial charge < -0.3 is 14.8 Å². The minimum atomic E-state index is 0.704. The van der Waals surface area contributed by atoms with E-state index < -0.39 is 0 Å². The first-order valence-electron chi connectivity index (χ1n) is 7.63. The van der Waals surface area contributed by atoms with Crippen LogP contribution in [0, 0.1) is 5.92 Å².